The maximum Gasteiger partial charge on any atom is 0.270 e. The average molecular weight is 318 g/mol. The van der Waals surface area contributed by atoms with Gasteiger partial charge in [-0.1, -0.05) is 6.92 Å². The highest BCUT2D eigenvalue weighted by molar-refractivity contribution is 6.02. The van der Waals surface area contributed by atoms with E-state index >= 15 is 0 Å². The number of nitrogens with zero attached hydrogens (tertiary/aromatic N) is 1. The quantitative estimate of drug-likeness (QED) is 0.785. The Balaban J connectivity index is 1.82. The number of hydrogen-bond donors (Lipinski definition) is 1. The van der Waals surface area contributed by atoms with Gasteiger partial charge in [0.1, 0.15) is 5.75 Å². The molecule has 1 amide bonds. The first-order chi connectivity index (χ1) is 11.0. The van der Waals surface area contributed by atoms with Gasteiger partial charge in [-0.25, -0.2) is 0 Å². The summed E-state index contributed by atoms with van der Waals surface area (Å²) >= 11 is 0. The molecule has 0 aromatic heterocycles. The third kappa shape index (κ3) is 3.61. The van der Waals surface area contributed by atoms with Crippen molar-refractivity contribution in [3.63, 3.8) is 0 Å². The zero-order valence-electron chi connectivity index (χ0n) is 14.2. The lowest BCUT2D eigenvalue weighted by atomic mass is 10.0. The van der Waals surface area contributed by atoms with Gasteiger partial charge in [-0.05, 0) is 51.3 Å². The summed E-state index contributed by atoms with van der Waals surface area (Å²) in [6.45, 7) is 7.51. The molecule has 5 nitrogen and oxygen atoms in total. The minimum atomic E-state index is -0.844. The van der Waals surface area contributed by atoms with Crippen LogP contribution in [0.1, 0.15) is 40.0 Å². The topological polar surface area (TPSA) is 50.8 Å². The molecule has 23 heavy (non-hydrogen) atoms. The molecule has 0 saturated heterocycles. The van der Waals surface area contributed by atoms with Crippen molar-refractivity contribution in [1.82, 2.24) is 0 Å². The lowest BCUT2D eigenvalue weighted by Crippen LogP contribution is -2.53. The van der Waals surface area contributed by atoms with E-state index in [-0.39, 0.29) is 5.91 Å². The van der Waals surface area contributed by atoms with Crippen molar-refractivity contribution in [2.24, 2.45) is 0 Å². The van der Waals surface area contributed by atoms with Gasteiger partial charge in [-0.3, -0.25) is 4.79 Å². The number of carbonyl (C=O) groups is 1. The molecule has 1 heterocycles. The van der Waals surface area contributed by atoms with E-state index in [0.29, 0.717) is 19.2 Å². The van der Waals surface area contributed by atoms with Crippen LogP contribution in [0.15, 0.2) is 18.2 Å². The Morgan fingerprint density at radius 1 is 1.35 bits per heavy atom. The second-order valence-corrected chi connectivity index (χ2v) is 6.78. The van der Waals surface area contributed by atoms with Crippen LogP contribution in [0.2, 0.25) is 0 Å². The minimum absolute atomic E-state index is 0.0197. The SMILES string of the molecule is CCCOCCN1C(=O)C(C)(C)Oc2ccc(NC3CC3)cc21. The zero-order chi connectivity index (χ0) is 16.4. The van der Waals surface area contributed by atoms with Crippen molar-refractivity contribution >= 4 is 17.3 Å². The summed E-state index contributed by atoms with van der Waals surface area (Å²) in [6.07, 6.45) is 3.41. The normalized spacial score (nSPS) is 19.3. The summed E-state index contributed by atoms with van der Waals surface area (Å²) in [6, 6.07) is 6.56. The van der Waals surface area contributed by atoms with Gasteiger partial charge in [0.2, 0.25) is 0 Å². The molecule has 1 aromatic carbocycles. The van der Waals surface area contributed by atoms with Crippen molar-refractivity contribution in [2.45, 2.75) is 51.7 Å². The van der Waals surface area contributed by atoms with Gasteiger partial charge in [0.15, 0.2) is 5.60 Å². The van der Waals surface area contributed by atoms with Gasteiger partial charge in [0.25, 0.3) is 5.91 Å². The summed E-state index contributed by atoms with van der Waals surface area (Å²) in [5.74, 6) is 0.736. The van der Waals surface area contributed by atoms with Gasteiger partial charge in [0, 0.05) is 24.9 Å². The number of hydrogen-bond acceptors (Lipinski definition) is 4. The van der Waals surface area contributed by atoms with Crippen molar-refractivity contribution < 1.29 is 14.3 Å². The van der Waals surface area contributed by atoms with Gasteiger partial charge in [-0.2, -0.15) is 0 Å². The summed E-state index contributed by atoms with van der Waals surface area (Å²) in [5, 5.41) is 3.47. The fourth-order valence-electron chi connectivity index (χ4n) is 2.74. The van der Waals surface area contributed by atoms with Crippen LogP contribution in [-0.4, -0.2) is 37.3 Å². The molecule has 126 valence electrons. The fraction of sp³-hybridized carbons (Fsp3) is 0.611. The molecule has 5 heteroatoms. The smallest absolute Gasteiger partial charge is 0.270 e. The summed E-state index contributed by atoms with van der Waals surface area (Å²) < 4.78 is 11.5. The summed E-state index contributed by atoms with van der Waals surface area (Å²) in [4.78, 5) is 14.5. The van der Waals surface area contributed by atoms with Crippen LogP contribution in [0.5, 0.6) is 5.75 Å². The van der Waals surface area contributed by atoms with Crippen molar-refractivity contribution in [3.05, 3.63) is 18.2 Å². The Bertz CT molecular complexity index is 582. The van der Waals surface area contributed by atoms with E-state index in [9.17, 15) is 4.79 Å². The summed E-state index contributed by atoms with van der Waals surface area (Å²) in [5.41, 5.74) is 1.03. The number of carbonyl (C=O) groups excluding carboxylic acids is 1. The number of ether oxygens (including phenoxy) is 2. The van der Waals surface area contributed by atoms with Crippen LogP contribution in [0.25, 0.3) is 0 Å². The van der Waals surface area contributed by atoms with Crippen LogP contribution in [0.4, 0.5) is 11.4 Å². The van der Waals surface area contributed by atoms with Crippen LogP contribution in [-0.2, 0) is 9.53 Å². The molecule has 1 aliphatic heterocycles. The van der Waals surface area contributed by atoms with Gasteiger partial charge in [0.05, 0.1) is 12.3 Å². The van der Waals surface area contributed by atoms with E-state index in [1.54, 1.807) is 4.90 Å². The molecule has 2 aliphatic rings. The Morgan fingerprint density at radius 2 is 2.13 bits per heavy atom. The number of rotatable bonds is 7. The molecular weight excluding hydrogens is 292 g/mol. The highest BCUT2D eigenvalue weighted by Crippen LogP contribution is 2.40. The molecular formula is C18H26N2O3. The Labute approximate surface area is 137 Å². The first-order valence-electron chi connectivity index (χ1n) is 8.50. The van der Waals surface area contributed by atoms with Crippen LogP contribution in [0, 0.1) is 0 Å². The summed E-state index contributed by atoms with van der Waals surface area (Å²) in [7, 11) is 0. The van der Waals surface area contributed by atoms with Gasteiger partial charge in [-0.15, -0.1) is 0 Å². The predicted octanol–water partition coefficient (Wildman–Crippen LogP) is 3.19. The Hall–Kier alpha value is -1.75. The molecule has 0 radical (unpaired) electrons. The minimum Gasteiger partial charge on any atom is -0.476 e. The molecule has 0 bridgehead atoms. The maximum absolute atomic E-state index is 12.7. The van der Waals surface area contributed by atoms with E-state index in [4.69, 9.17) is 9.47 Å². The molecule has 1 aliphatic carbocycles. The zero-order valence-corrected chi connectivity index (χ0v) is 14.2. The average Bonchev–Trinajstić information content (AvgIpc) is 3.31. The lowest BCUT2D eigenvalue weighted by molar-refractivity contribution is -0.132. The van der Waals surface area contributed by atoms with E-state index < -0.39 is 5.60 Å². The standard InChI is InChI=1S/C18H26N2O3/c1-4-10-22-11-9-20-15-12-14(19-13-5-6-13)7-8-16(15)23-18(2,3)17(20)21/h7-8,12-13,19H,4-6,9-11H2,1-3H3. The number of benzene rings is 1. The maximum atomic E-state index is 12.7. The van der Waals surface area contributed by atoms with Gasteiger partial charge < -0.3 is 19.7 Å². The second-order valence-electron chi connectivity index (χ2n) is 6.78. The fourth-order valence-corrected chi connectivity index (χ4v) is 2.74. The first kappa shape index (κ1) is 16.1. The van der Waals surface area contributed by atoms with Gasteiger partial charge >= 0.3 is 0 Å². The van der Waals surface area contributed by atoms with Crippen LogP contribution in [0.3, 0.4) is 0 Å². The van der Waals surface area contributed by atoms with E-state index in [1.165, 1.54) is 12.8 Å². The van der Waals surface area contributed by atoms with E-state index in [2.05, 4.69) is 12.2 Å². The molecule has 1 aromatic rings. The molecule has 0 atom stereocenters. The third-order valence-corrected chi connectivity index (χ3v) is 4.13. The highest BCUT2D eigenvalue weighted by Gasteiger charge is 2.40. The molecule has 3 rings (SSSR count). The molecule has 0 spiro atoms. The van der Waals surface area contributed by atoms with Crippen molar-refractivity contribution in [2.75, 3.05) is 30.0 Å². The van der Waals surface area contributed by atoms with Crippen molar-refractivity contribution in [1.29, 1.82) is 0 Å². The molecule has 1 fully saturated rings. The molecule has 1 N–H and O–H groups in total. The van der Waals surface area contributed by atoms with E-state index in [1.807, 2.05) is 32.0 Å². The predicted molar refractivity (Wildman–Crippen MR) is 91.3 cm³/mol. The molecule has 1 saturated carbocycles. The number of amides is 1. The monoisotopic (exact) mass is 318 g/mol. The number of fused-ring (bicyclic) bond motifs is 1. The van der Waals surface area contributed by atoms with E-state index in [0.717, 1.165) is 30.2 Å². The third-order valence-electron chi connectivity index (χ3n) is 4.13. The highest BCUT2D eigenvalue weighted by atomic mass is 16.5. The lowest BCUT2D eigenvalue weighted by Gasteiger charge is -2.39. The molecule has 0 unspecified atom stereocenters. The van der Waals surface area contributed by atoms with Crippen LogP contribution >= 0.6 is 0 Å². The van der Waals surface area contributed by atoms with Crippen LogP contribution < -0.4 is 15.0 Å². The van der Waals surface area contributed by atoms with Crippen molar-refractivity contribution in [3.8, 4) is 5.75 Å². The largest absolute Gasteiger partial charge is 0.476 e. The Morgan fingerprint density at radius 3 is 2.83 bits per heavy atom. The first-order valence-corrected chi connectivity index (χ1v) is 8.50. The Kier molecular flexibility index (Phi) is 4.48. The number of nitrogens with one attached hydrogen (secondary N) is 1. The second kappa shape index (κ2) is 6.40. The number of anilines is 2.